The van der Waals surface area contributed by atoms with E-state index in [-0.39, 0.29) is 6.61 Å². The van der Waals surface area contributed by atoms with Crippen molar-refractivity contribution < 1.29 is 5.11 Å². The van der Waals surface area contributed by atoms with Gasteiger partial charge in [0.1, 0.15) is 0 Å². The lowest BCUT2D eigenvalue weighted by molar-refractivity contribution is 0.311. The number of hydrogen-bond acceptors (Lipinski definition) is 2. The average molecular weight is 200 g/mol. The van der Waals surface area contributed by atoms with Gasteiger partial charge in [-0.15, -0.1) is 0 Å². The fraction of sp³-hybridized carbons (Fsp3) is 0.400. The van der Waals surface area contributed by atoms with Crippen molar-refractivity contribution in [2.24, 2.45) is 0 Å². The molecule has 13 heavy (non-hydrogen) atoms. The lowest BCUT2D eigenvalue weighted by atomic mass is 10.1. The number of hydrogen-bond donors (Lipinski definition) is 2. The first-order chi connectivity index (χ1) is 6.15. The van der Waals surface area contributed by atoms with Crippen molar-refractivity contribution in [3.8, 4) is 0 Å². The minimum Gasteiger partial charge on any atom is -0.395 e. The molecular formula is C10H14ClNO. The van der Waals surface area contributed by atoms with Crippen molar-refractivity contribution in [3.63, 3.8) is 0 Å². The van der Waals surface area contributed by atoms with Gasteiger partial charge < -0.3 is 10.4 Å². The van der Waals surface area contributed by atoms with Crippen molar-refractivity contribution in [1.29, 1.82) is 0 Å². The molecule has 0 atom stereocenters. The first-order valence-electron chi connectivity index (χ1n) is 4.26. The third kappa shape index (κ3) is 2.61. The lowest BCUT2D eigenvalue weighted by Gasteiger charge is -2.11. The van der Waals surface area contributed by atoms with E-state index in [1.165, 1.54) is 0 Å². The third-order valence-corrected chi connectivity index (χ3v) is 2.13. The molecule has 0 aliphatic heterocycles. The van der Waals surface area contributed by atoms with Crippen LogP contribution in [0.3, 0.4) is 0 Å². The van der Waals surface area contributed by atoms with Crippen LogP contribution >= 0.6 is 11.6 Å². The van der Waals surface area contributed by atoms with Gasteiger partial charge in [-0.2, -0.15) is 0 Å². The molecule has 1 aromatic carbocycles. The monoisotopic (exact) mass is 199 g/mol. The molecule has 0 aliphatic carbocycles. The van der Waals surface area contributed by atoms with Crippen molar-refractivity contribution in [2.45, 2.75) is 13.8 Å². The van der Waals surface area contributed by atoms with Gasteiger partial charge in [0.05, 0.1) is 6.61 Å². The van der Waals surface area contributed by atoms with E-state index < -0.39 is 0 Å². The Balaban J connectivity index is 2.92. The van der Waals surface area contributed by atoms with Crippen LogP contribution in [0.5, 0.6) is 0 Å². The molecule has 1 rings (SSSR count). The highest BCUT2D eigenvalue weighted by molar-refractivity contribution is 6.30. The summed E-state index contributed by atoms with van der Waals surface area (Å²) in [4.78, 5) is 0. The summed E-state index contributed by atoms with van der Waals surface area (Å²) in [5, 5.41) is 12.6. The van der Waals surface area contributed by atoms with Crippen LogP contribution < -0.4 is 5.32 Å². The van der Waals surface area contributed by atoms with E-state index in [9.17, 15) is 0 Å². The van der Waals surface area contributed by atoms with E-state index >= 15 is 0 Å². The van der Waals surface area contributed by atoms with Gasteiger partial charge in [-0.1, -0.05) is 11.6 Å². The van der Waals surface area contributed by atoms with E-state index in [0.29, 0.717) is 6.54 Å². The Kier molecular flexibility index (Phi) is 3.58. The molecule has 0 bridgehead atoms. The second-order valence-electron chi connectivity index (χ2n) is 3.06. The summed E-state index contributed by atoms with van der Waals surface area (Å²) in [5.74, 6) is 0. The third-order valence-electron chi connectivity index (χ3n) is 1.91. The first kappa shape index (κ1) is 10.4. The van der Waals surface area contributed by atoms with Gasteiger partial charge in [-0.05, 0) is 37.1 Å². The van der Waals surface area contributed by atoms with Gasteiger partial charge in [0.25, 0.3) is 0 Å². The van der Waals surface area contributed by atoms with Crippen molar-refractivity contribution in [2.75, 3.05) is 18.5 Å². The molecule has 0 saturated carbocycles. The van der Waals surface area contributed by atoms with Crippen LogP contribution in [-0.2, 0) is 0 Å². The summed E-state index contributed by atoms with van der Waals surface area (Å²) in [5.41, 5.74) is 3.29. The number of rotatable bonds is 3. The normalized spacial score (nSPS) is 10.2. The molecule has 2 nitrogen and oxygen atoms in total. The zero-order valence-electron chi connectivity index (χ0n) is 7.89. The van der Waals surface area contributed by atoms with Crippen LogP contribution in [0.2, 0.25) is 5.02 Å². The second-order valence-corrected chi connectivity index (χ2v) is 3.50. The Labute approximate surface area is 83.5 Å². The predicted octanol–water partition coefficient (Wildman–Crippen LogP) is 2.36. The number of nitrogens with one attached hydrogen (secondary N) is 1. The molecule has 0 aromatic heterocycles. The molecule has 0 unspecified atom stereocenters. The molecule has 0 saturated heterocycles. The number of aryl methyl sites for hydroxylation is 2. The molecule has 0 radical (unpaired) electrons. The number of anilines is 1. The van der Waals surface area contributed by atoms with Crippen LogP contribution in [0.15, 0.2) is 12.1 Å². The Bertz CT molecular complexity index is 276. The van der Waals surface area contributed by atoms with Crippen LogP contribution in [0.1, 0.15) is 11.1 Å². The average Bonchev–Trinajstić information content (AvgIpc) is 2.02. The van der Waals surface area contributed by atoms with Crippen LogP contribution in [0.25, 0.3) is 0 Å². The molecule has 3 heteroatoms. The van der Waals surface area contributed by atoms with Gasteiger partial charge in [-0.3, -0.25) is 0 Å². The summed E-state index contributed by atoms with van der Waals surface area (Å²) >= 11 is 5.88. The molecule has 0 aliphatic rings. The second kappa shape index (κ2) is 4.49. The molecule has 0 heterocycles. The standard InChI is InChI=1S/C10H14ClNO/c1-7-5-9(11)6-8(2)10(7)12-3-4-13/h5-6,12-13H,3-4H2,1-2H3. The van der Waals surface area contributed by atoms with Crippen LogP contribution in [0, 0.1) is 13.8 Å². The fourth-order valence-electron chi connectivity index (χ4n) is 1.37. The Morgan fingerprint density at radius 2 is 1.85 bits per heavy atom. The molecule has 0 spiro atoms. The summed E-state index contributed by atoms with van der Waals surface area (Å²) in [6.45, 7) is 4.71. The quantitative estimate of drug-likeness (QED) is 0.784. The van der Waals surface area contributed by atoms with Gasteiger partial charge in [-0.25, -0.2) is 0 Å². The molecule has 72 valence electrons. The highest BCUT2D eigenvalue weighted by Gasteiger charge is 2.02. The van der Waals surface area contributed by atoms with Crippen LogP contribution in [0.4, 0.5) is 5.69 Å². The molecule has 0 fully saturated rings. The minimum atomic E-state index is 0.140. The molecule has 0 amide bonds. The smallest absolute Gasteiger partial charge is 0.0604 e. The maximum absolute atomic E-state index is 8.68. The van der Waals surface area contributed by atoms with Gasteiger partial charge in [0.15, 0.2) is 0 Å². The summed E-state index contributed by atoms with van der Waals surface area (Å²) in [6.07, 6.45) is 0. The van der Waals surface area contributed by atoms with E-state index in [1.54, 1.807) is 0 Å². The lowest BCUT2D eigenvalue weighted by Crippen LogP contribution is -2.07. The maximum Gasteiger partial charge on any atom is 0.0604 e. The molecular weight excluding hydrogens is 186 g/mol. The molecule has 1 aromatic rings. The predicted molar refractivity (Wildman–Crippen MR) is 56.5 cm³/mol. The highest BCUT2D eigenvalue weighted by Crippen LogP contribution is 2.24. The topological polar surface area (TPSA) is 32.3 Å². The van der Waals surface area contributed by atoms with E-state index in [4.69, 9.17) is 16.7 Å². The first-order valence-corrected chi connectivity index (χ1v) is 4.64. The number of benzene rings is 1. The number of aliphatic hydroxyl groups excluding tert-OH is 1. The van der Waals surface area contributed by atoms with Crippen LogP contribution in [-0.4, -0.2) is 18.3 Å². The fourth-order valence-corrected chi connectivity index (χ4v) is 1.70. The van der Waals surface area contributed by atoms with Gasteiger partial charge >= 0.3 is 0 Å². The van der Waals surface area contributed by atoms with Crippen molar-refractivity contribution in [1.82, 2.24) is 0 Å². The SMILES string of the molecule is Cc1cc(Cl)cc(C)c1NCCO. The Morgan fingerprint density at radius 3 is 2.31 bits per heavy atom. The van der Waals surface area contributed by atoms with E-state index in [2.05, 4.69) is 5.32 Å². The van der Waals surface area contributed by atoms with Gasteiger partial charge in [0.2, 0.25) is 0 Å². The minimum absolute atomic E-state index is 0.140. The highest BCUT2D eigenvalue weighted by atomic mass is 35.5. The zero-order chi connectivity index (χ0) is 9.84. The maximum atomic E-state index is 8.68. The van der Waals surface area contributed by atoms with E-state index in [1.807, 2.05) is 26.0 Å². The summed E-state index contributed by atoms with van der Waals surface area (Å²) in [7, 11) is 0. The molecule has 2 N–H and O–H groups in total. The van der Waals surface area contributed by atoms with Crippen molar-refractivity contribution >= 4 is 17.3 Å². The summed E-state index contributed by atoms with van der Waals surface area (Å²) < 4.78 is 0. The Hall–Kier alpha value is -0.730. The zero-order valence-corrected chi connectivity index (χ0v) is 8.65. The number of aliphatic hydroxyl groups is 1. The summed E-state index contributed by atoms with van der Waals surface area (Å²) in [6, 6.07) is 3.82. The Morgan fingerprint density at radius 1 is 1.31 bits per heavy atom. The van der Waals surface area contributed by atoms with Gasteiger partial charge in [0, 0.05) is 17.3 Å². The van der Waals surface area contributed by atoms with E-state index in [0.717, 1.165) is 21.8 Å². The largest absolute Gasteiger partial charge is 0.395 e. The number of halogens is 1. The van der Waals surface area contributed by atoms with Crippen molar-refractivity contribution in [3.05, 3.63) is 28.3 Å².